The number of aromatic nitrogens is 3. The molecule has 0 aliphatic carbocycles. The van der Waals surface area contributed by atoms with Gasteiger partial charge in [0.25, 0.3) is 0 Å². The molecule has 3 aromatic rings. The summed E-state index contributed by atoms with van der Waals surface area (Å²) in [7, 11) is 0. The van der Waals surface area contributed by atoms with Gasteiger partial charge in [0.05, 0.1) is 6.54 Å². The number of nitrogens with zero attached hydrogens (tertiary/aromatic N) is 3. The minimum absolute atomic E-state index is 0.463. The molecule has 0 amide bonds. The van der Waals surface area contributed by atoms with E-state index in [-0.39, 0.29) is 0 Å². The van der Waals surface area contributed by atoms with Gasteiger partial charge in [0.1, 0.15) is 6.33 Å². The highest BCUT2D eigenvalue weighted by atomic mass is 32.1. The van der Waals surface area contributed by atoms with Crippen LogP contribution in [0.5, 0.6) is 0 Å². The Kier molecular flexibility index (Phi) is 4.63. The highest BCUT2D eigenvalue weighted by Gasteiger charge is 2.05. The Bertz CT molecular complexity index is 798. The van der Waals surface area contributed by atoms with Crippen molar-refractivity contribution < 1.29 is 0 Å². The van der Waals surface area contributed by atoms with E-state index in [1.807, 2.05) is 42.5 Å². The lowest BCUT2D eigenvalue weighted by molar-refractivity contribution is 0.684. The summed E-state index contributed by atoms with van der Waals surface area (Å²) >= 11 is 5.27. The number of rotatable bonds is 4. The molecular formula is C17H17N5S. The molecule has 3 rings (SSSR count). The van der Waals surface area contributed by atoms with Crippen molar-refractivity contribution in [1.29, 1.82) is 0 Å². The first-order valence-corrected chi connectivity index (χ1v) is 7.68. The molecule has 0 unspecified atom stereocenters. The molecule has 0 atom stereocenters. The van der Waals surface area contributed by atoms with Crippen LogP contribution in [0.3, 0.4) is 0 Å². The SMILES string of the molecule is Cc1ccccc1Cn1cnc(NC(=S)Nc2ccccc2)n1. The topological polar surface area (TPSA) is 54.8 Å². The molecule has 0 radical (unpaired) electrons. The van der Waals surface area contributed by atoms with Crippen molar-refractivity contribution in [3.05, 3.63) is 72.1 Å². The lowest BCUT2D eigenvalue weighted by atomic mass is 10.1. The fourth-order valence-electron chi connectivity index (χ4n) is 2.18. The van der Waals surface area contributed by atoms with E-state index in [9.17, 15) is 0 Å². The number of benzene rings is 2. The zero-order valence-electron chi connectivity index (χ0n) is 12.7. The number of nitrogens with one attached hydrogen (secondary N) is 2. The highest BCUT2D eigenvalue weighted by Crippen LogP contribution is 2.10. The van der Waals surface area contributed by atoms with E-state index in [1.165, 1.54) is 11.1 Å². The second kappa shape index (κ2) is 7.02. The van der Waals surface area contributed by atoms with Gasteiger partial charge in [-0.15, -0.1) is 5.10 Å². The lowest BCUT2D eigenvalue weighted by Gasteiger charge is -2.07. The second-order valence-corrected chi connectivity index (χ2v) is 5.55. The zero-order valence-corrected chi connectivity index (χ0v) is 13.5. The predicted molar refractivity (Wildman–Crippen MR) is 96.6 cm³/mol. The molecule has 0 bridgehead atoms. The predicted octanol–water partition coefficient (Wildman–Crippen LogP) is 3.44. The van der Waals surface area contributed by atoms with Crippen molar-refractivity contribution in [2.45, 2.75) is 13.5 Å². The van der Waals surface area contributed by atoms with E-state index >= 15 is 0 Å². The number of thiocarbonyl (C=S) groups is 1. The first-order chi connectivity index (χ1) is 11.2. The standard InChI is InChI=1S/C17H17N5S/c1-13-7-5-6-8-14(13)11-22-12-18-16(21-22)20-17(23)19-15-9-3-2-4-10-15/h2-10,12H,11H2,1H3,(H2,19,20,21,23). The molecule has 0 fully saturated rings. The van der Waals surface area contributed by atoms with E-state index < -0.39 is 0 Å². The molecule has 1 heterocycles. The van der Waals surface area contributed by atoms with Crippen molar-refractivity contribution >= 4 is 29.0 Å². The molecule has 116 valence electrons. The first-order valence-electron chi connectivity index (χ1n) is 7.28. The number of hydrogen-bond donors (Lipinski definition) is 2. The number of para-hydroxylation sites is 1. The van der Waals surface area contributed by atoms with Crippen LogP contribution < -0.4 is 10.6 Å². The number of hydrogen-bond acceptors (Lipinski definition) is 3. The summed E-state index contributed by atoms with van der Waals surface area (Å²) in [6, 6.07) is 18.0. The third-order valence-electron chi connectivity index (χ3n) is 3.39. The zero-order chi connectivity index (χ0) is 16.1. The first kappa shape index (κ1) is 15.2. The molecule has 0 aliphatic rings. The van der Waals surface area contributed by atoms with Gasteiger partial charge >= 0.3 is 0 Å². The van der Waals surface area contributed by atoms with Crippen LogP contribution >= 0.6 is 12.2 Å². The van der Waals surface area contributed by atoms with Crippen molar-refractivity contribution in [3.8, 4) is 0 Å². The normalized spacial score (nSPS) is 10.3. The van der Waals surface area contributed by atoms with Gasteiger partial charge in [0.15, 0.2) is 5.11 Å². The lowest BCUT2D eigenvalue weighted by Crippen LogP contribution is -2.20. The van der Waals surface area contributed by atoms with Gasteiger partial charge in [-0.2, -0.15) is 0 Å². The Labute approximate surface area is 140 Å². The Morgan fingerprint density at radius 3 is 2.57 bits per heavy atom. The van der Waals surface area contributed by atoms with Crippen molar-refractivity contribution in [2.24, 2.45) is 0 Å². The van der Waals surface area contributed by atoms with Gasteiger partial charge in [-0.05, 0) is 42.4 Å². The van der Waals surface area contributed by atoms with E-state index in [1.54, 1.807) is 11.0 Å². The monoisotopic (exact) mass is 323 g/mol. The summed E-state index contributed by atoms with van der Waals surface area (Å²) in [6.07, 6.45) is 1.69. The van der Waals surface area contributed by atoms with E-state index in [2.05, 4.69) is 39.8 Å². The molecule has 0 saturated heterocycles. The van der Waals surface area contributed by atoms with Gasteiger partial charge in [-0.25, -0.2) is 9.67 Å². The third-order valence-corrected chi connectivity index (χ3v) is 3.59. The Hall–Kier alpha value is -2.73. The minimum Gasteiger partial charge on any atom is -0.332 e. The third kappa shape index (κ3) is 4.14. The molecule has 5 nitrogen and oxygen atoms in total. The maximum Gasteiger partial charge on any atom is 0.248 e. The molecule has 6 heteroatoms. The van der Waals surface area contributed by atoms with E-state index in [4.69, 9.17) is 12.2 Å². The average Bonchev–Trinajstić information content (AvgIpc) is 2.97. The second-order valence-electron chi connectivity index (χ2n) is 5.14. The molecular weight excluding hydrogens is 306 g/mol. The molecule has 2 N–H and O–H groups in total. The van der Waals surface area contributed by atoms with Gasteiger partial charge in [-0.3, -0.25) is 5.32 Å². The summed E-state index contributed by atoms with van der Waals surface area (Å²) in [5.41, 5.74) is 3.37. The molecule has 23 heavy (non-hydrogen) atoms. The van der Waals surface area contributed by atoms with Crippen molar-refractivity contribution in [2.75, 3.05) is 10.6 Å². The maximum absolute atomic E-state index is 5.27. The minimum atomic E-state index is 0.463. The van der Waals surface area contributed by atoms with Crippen LogP contribution in [-0.2, 0) is 6.54 Å². The highest BCUT2D eigenvalue weighted by molar-refractivity contribution is 7.80. The van der Waals surface area contributed by atoms with Crippen LogP contribution in [0.25, 0.3) is 0 Å². The van der Waals surface area contributed by atoms with E-state index in [0.717, 1.165) is 5.69 Å². The van der Waals surface area contributed by atoms with Gasteiger partial charge < -0.3 is 5.32 Å². The Balaban J connectivity index is 1.61. The fourth-order valence-corrected chi connectivity index (χ4v) is 2.38. The molecule has 2 aromatic carbocycles. The van der Waals surface area contributed by atoms with Gasteiger partial charge in [-0.1, -0.05) is 42.5 Å². The Morgan fingerprint density at radius 1 is 1.04 bits per heavy atom. The van der Waals surface area contributed by atoms with Crippen LogP contribution in [0, 0.1) is 6.92 Å². The fraction of sp³-hybridized carbons (Fsp3) is 0.118. The largest absolute Gasteiger partial charge is 0.332 e. The van der Waals surface area contributed by atoms with Crippen molar-refractivity contribution in [3.63, 3.8) is 0 Å². The van der Waals surface area contributed by atoms with Crippen LogP contribution in [0.1, 0.15) is 11.1 Å². The smallest absolute Gasteiger partial charge is 0.248 e. The quantitative estimate of drug-likeness (QED) is 0.720. The summed E-state index contributed by atoms with van der Waals surface area (Å²) in [5, 5.41) is 10.9. The Morgan fingerprint density at radius 2 is 1.78 bits per heavy atom. The van der Waals surface area contributed by atoms with Crippen LogP contribution in [-0.4, -0.2) is 19.9 Å². The molecule has 0 spiro atoms. The van der Waals surface area contributed by atoms with Crippen LogP contribution in [0.2, 0.25) is 0 Å². The molecule has 0 aliphatic heterocycles. The maximum atomic E-state index is 5.27. The van der Waals surface area contributed by atoms with E-state index in [0.29, 0.717) is 17.6 Å². The van der Waals surface area contributed by atoms with Gasteiger partial charge in [0.2, 0.25) is 5.95 Å². The van der Waals surface area contributed by atoms with Crippen LogP contribution in [0.15, 0.2) is 60.9 Å². The molecule has 0 saturated carbocycles. The number of anilines is 2. The summed E-state index contributed by atoms with van der Waals surface area (Å²) in [5.74, 6) is 0.479. The van der Waals surface area contributed by atoms with Crippen LogP contribution in [0.4, 0.5) is 11.6 Å². The summed E-state index contributed by atoms with van der Waals surface area (Å²) < 4.78 is 1.79. The number of aryl methyl sites for hydroxylation is 1. The van der Waals surface area contributed by atoms with Gasteiger partial charge in [0, 0.05) is 5.69 Å². The summed E-state index contributed by atoms with van der Waals surface area (Å²) in [4.78, 5) is 4.24. The summed E-state index contributed by atoms with van der Waals surface area (Å²) in [6.45, 7) is 2.77. The van der Waals surface area contributed by atoms with Crippen molar-refractivity contribution in [1.82, 2.24) is 14.8 Å². The average molecular weight is 323 g/mol. The molecule has 1 aromatic heterocycles.